The molecule has 208 valence electrons. The fourth-order valence-electron chi connectivity index (χ4n) is 4.87. The number of nitrogens with one attached hydrogen (secondary N) is 1. The summed E-state index contributed by atoms with van der Waals surface area (Å²) in [6.07, 6.45) is 1.80. The SMILES string of the molecule is CCOc1ccc([C@H](C(=O)NC[C@H]2CCCO2)N(C(=O)Cn2nnc3ccccc32)c2ccc(OC)cc2)cc1. The largest absolute Gasteiger partial charge is 0.497 e. The standard InChI is InChI=1S/C30H33N5O5/c1-3-39-24-14-10-21(11-15-24)29(30(37)31-19-25-7-6-18-40-25)35(22-12-16-23(38-2)17-13-22)28(36)20-34-27-9-5-4-8-26(27)32-33-34/h4-5,8-17,25,29H,3,6-7,18-20H2,1-2H3,(H,31,37)/t25-,29-/m1/s1. The number of carbonyl (C=O) groups is 2. The predicted octanol–water partition coefficient (Wildman–Crippen LogP) is 3.91. The molecule has 2 amide bonds. The number of methoxy groups -OCH3 is 1. The number of fused-ring (bicyclic) bond motifs is 1. The van der Waals surface area contributed by atoms with E-state index in [2.05, 4.69) is 15.6 Å². The van der Waals surface area contributed by atoms with Crippen molar-refractivity contribution in [2.45, 2.75) is 38.5 Å². The molecule has 2 atom stereocenters. The van der Waals surface area contributed by atoms with E-state index in [9.17, 15) is 9.59 Å². The van der Waals surface area contributed by atoms with E-state index in [1.165, 1.54) is 4.90 Å². The molecule has 1 N–H and O–H groups in total. The second-order valence-corrected chi connectivity index (χ2v) is 9.48. The Labute approximate surface area is 232 Å². The number of benzene rings is 3. The van der Waals surface area contributed by atoms with Crippen LogP contribution in [0.3, 0.4) is 0 Å². The second-order valence-electron chi connectivity index (χ2n) is 9.48. The Morgan fingerprint density at radius 1 is 1.07 bits per heavy atom. The molecule has 0 spiro atoms. The monoisotopic (exact) mass is 543 g/mol. The van der Waals surface area contributed by atoms with Crippen LogP contribution in [0.2, 0.25) is 0 Å². The summed E-state index contributed by atoms with van der Waals surface area (Å²) >= 11 is 0. The van der Waals surface area contributed by atoms with E-state index in [-0.39, 0.29) is 24.5 Å². The fourth-order valence-corrected chi connectivity index (χ4v) is 4.87. The lowest BCUT2D eigenvalue weighted by Crippen LogP contribution is -2.46. The molecule has 1 aromatic heterocycles. The highest BCUT2D eigenvalue weighted by atomic mass is 16.5. The van der Waals surface area contributed by atoms with E-state index < -0.39 is 6.04 Å². The molecule has 0 bridgehead atoms. The van der Waals surface area contributed by atoms with Gasteiger partial charge in [-0.2, -0.15) is 0 Å². The van der Waals surface area contributed by atoms with E-state index in [4.69, 9.17) is 14.2 Å². The quantitative estimate of drug-likeness (QED) is 0.306. The van der Waals surface area contributed by atoms with Crippen LogP contribution in [0.5, 0.6) is 11.5 Å². The molecule has 4 aromatic rings. The molecular weight excluding hydrogens is 510 g/mol. The third-order valence-electron chi connectivity index (χ3n) is 6.87. The van der Waals surface area contributed by atoms with Gasteiger partial charge in [0.25, 0.3) is 0 Å². The molecule has 1 aliphatic heterocycles. The maximum absolute atomic E-state index is 14.1. The van der Waals surface area contributed by atoms with Crippen LogP contribution >= 0.6 is 0 Å². The number of anilines is 1. The van der Waals surface area contributed by atoms with Crippen LogP contribution in [0.1, 0.15) is 31.4 Å². The highest BCUT2D eigenvalue weighted by molar-refractivity contribution is 6.01. The van der Waals surface area contributed by atoms with Gasteiger partial charge in [0.05, 0.1) is 25.3 Å². The van der Waals surface area contributed by atoms with Crippen LogP contribution in [0.4, 0.5) is 5.69 Å². The number of carbonyl (C=O) groups excluding carboxylic acids is 2. The van der Waals surface area contributed by atoms with Crippen molar-refractivity contribution >= 4 is 28.5 Å². The molecule has 0 aliphatic carbocycles. The maximum Gasteiger partial charge on any atom is 0.249 e. The van der Waals surface area contributed by atoms with Crippen LogP contribution in [0.15, 0.2) is 72.8 Å². The third-order valence-corrected chi connectivity index (χ3v) is 6.87. The minimum Gasteiger partial charge on any atom is -0.497 e. The lowest BCUT2D eigenvalue weighted by molar-refractivity contribution is -0.127. The molecule has 2 heterocycles. The Morgan fingerprint density at radius 2 is 1.82 bits per heavy atom. The smallest absolute Gasteiger partial charge is 0.249 e. The van der Waals surface area contributed by atoms with Gasteiger partial charge in [0.2, 0.25) is 11.8 Å². The van der Waals surface area contributed by atoms with Crippen LogP contribution < -0.4 is 19.7 Å². The van der Waals surface area contributed by atoms with Gasteiger partial charge in [-0.3, -0.25) is 14.5 Å². The van der Waals surface area contributed by atoms with Gasteiger partial charge in [-0.1, -0.05) is 29.5 Å². The summed E-state index contributed by atoms with van der Waals surface area (Å²) < 4.78 is 18.2. The van der Waals surface area contributed by atoms with Crippen molar-refractivity contribution in [1.82, 2.24) is 20.3 Å². The Hall–Kier alpha value is -4.44. The van der Waals surface area contributed by atoms with Gasteiger partial charge in [0.15, 0.2) is 0 Å². The summed E-state index contributed by atoms with van der Waals surface area (Å²) in [4.78, 5) is 29.6. The number of hydrogen-bond acceptors (Lipinski definition) is 7. The van der Waals surface area contributed by atoms with Gasteiger partial charge in [0.1, 0.15) is 29.6 Å². The number of aromatic nitrogens is 3. The van der Waals surface area contributed by atoms with Gasteiger partial charge in [0, 0.05) is 18.8 Å². The molecule has 0 unspecified atom stereocenters. The summed E-state index contributed by atoms with van der Waals surface area (Å²) in [6, 6.07) is 20.8. The van der Waals surface area contributed by atoms with E-state index >= 15 is 0 Å². The van der Waals surface area contributed by atoms with E-state index in [1.54, 1.807) is 48.2 Å². The van der Waals surface area contributed by atoms with Crippen molar-refractivity contribution < 1.29 is 23.8 Å². The summed E-state index contributed by atoms with van der Waals surface area (Å²) in [5.74, 6) is 0.680. The first-order valence-electron chi connectivity index (χ1n) is 13.4. The second kappa shape index (κ2) is 12.6. The lowest BCUT2D eigenvalue weighted by atomic mass is 10.0. The Morgan fingerprint density at radius 3 is 2.52 bits per heavy atom. The topological polar surface area (TPSA) is 108 Å². The number of amides is 2. The Balaban J connectivity index is 1.53. The van der Waals surface area contributed by atoms with Crippen molar-refractivity contribution in [3.63, 3.8) is 0 Å². The zero-order chi connectivity index (χ0) is 27.9. The maximum atomic E-state index is 14.1. The van der Waals surface area contributed by atoms with Crippen molar-refractivity contribution in [3.8, 4) is 11.5 Å². The van der Waals surface area contributed by atoms with E-state index in [1.807, 2.05) is 43.3 Å². The molecule has 10 nitrogen and oxygen atoms in total. The van der Waals surface area contributed by atoms with Gasteiger partial charge in [-0.15, -0.1) is 5.10 Å². The predicted molar refractivity (Wildman–Crippen MR) is 150 cm³/mol. The number of nitrogens with zero attached hydrogens (tertiary/aromatic N) is 4. The summed E-state index contributed by atoms with van der Waals surface area (Å²) in [5.41, 5.74) is 2.59. The molecular formula is C30H33N5O5. The number of hydrogen-bond donors (Lipinski definition) is 1. The zero-order valence-electron chi connectivity index (χ0n) is 22.7. The van der Waals surface area contributed by atoms with Crippen LogP contribution in [-0.2, 0) is 20.9 Å². The van der Waals surface area contributed by atoms with Crippen LogP contribution in [0.25, 0.3) is 11.0 Å². The first kappa shape index (κ1) is 27.1. The normalized spacial score (nSPS) is 15.5. The molecule has 1 saturated heterocycles. The average Bonchev–Trinajstić information content (AvgIpc) is 3.66. The summed E-state index contributed by atoms with van der Waals surface area (Å²) in [6.45, 7) is 3.37. The number of rotatable bonds is 11. The van der Waals surface area contributed by atoms with Gasteiger partial charge < -0.3 is 19.5 Å². The highest BCUT2D eigenvalue weighted by Crippen LogP contribution is 2.31. The number of ether oxygens (including phenoxy) is 3. The van der Waals surface area contributed by atoms with Gasteiger partial charge in [-0.25, -0.2) is 4.68 Å². The van der Waals surface area contributed by atoms with Crippen LogP contribution in [0, 0.1) is 0 Å². The Kier molecular flexibility index (Phi) is 8.56. The summed E-state index contributed by atoms with van der Waals surface area (Å²) in [7, 11) is 1.58. The highest BCUT2D eigenvalue weighted by Gasteiger charge is 2.34. The first-order chi connectivity index (χ1) is 19.6. The van der Waals surface area contributed by atoms with Crippen molar-refractivity contribution in [1.29, 1.82) is 0 Å². The third kappa shape index (κ3) is 6.07. The molecule has 5 rings (SSSR count). The minimum atomic E-state index is -0.965. The molecule has 0 radical (unpaired) electrons. The van der Waals surface area contributed by atoms with Gasteiger partial charge in [-0.05, 0) is 73.9 Å². The number of para-hydroxylation sites is 1. The van der Waals surface area contributed by atoms with Crippen molar-refractivity contribution in [2.24, 2.45) is 0 Å². The van der Waals surface area contributed by atoms with Gasteiger partial charge >= 0.3 is 0 Å². The van der Waals surface area contributed by atoms with Crippen molar-refractivity contribution in [3.05, 3.63) is 78.4 Å². The molecule has 10 heteroatoms. The molecule has 40 heavy (non-hydrogen) atoms. The lowest BCUT2D eigenvalue weighted by Gasteiger charge is -2.32. The molecule has 0 saturated carbocycles. The van der Waals surface area contributed by atoms with E-state index in [0.29, 0.717) is 48.0 Å². The summed E-state index contributed by atoms with van der Waals surface area (Å²) in [5, 5.41) is 11.4. The fraction of sp³-hybridized carbons (Fsp3) is 0.333. The first-order valence-corrected chi connectivity index (χ1v) is 13.4. The van der Waals surface area contributed by atoms with Crippen LogP contribution in [-0.4, -0.2) is 59.8 Å². The minimum absolute atomic E-state index is 0.0448. The van der Waals surface area contributed by atoms with E-state index in [0.717, 1.165) is 18.4 Å². The molecule has 1 aliphatic rings. The molecule has 1 fully saturated rings. The Bertz CT molecular complexity index is 1430. The zero-order valence-corrected chi connectivity index (χ0v) is 22.7. The average molecular weight is 544 g/mol. The van der Waals surface area contributed by atoms with Crippen molar-refractivity contribution in [2.75, 3.05) is 31.8 Å². The molecule has 3 aromatic carbocycles.